The van der Waals surface area contributed by atoms with Gasteiger partial charge in [0.1, 0.15) is 0 Å². The summed E-state index contributed by atoms with van der Waals surface area (Å²) in [5, 5.41) is 9.60. The van der Waals surface area contributed by atoms with Crippen LogP contribution in [0.4, 0.5) is 13.2 Å². The second-order valence-corrected chi connectivity index (χ2v) is 6.57. The zero-order chi connectivity index (χ0) is 19.4. The molecule has 0 aliphatic carbocycles. The molecule has 1 fully saturated rings. The molecular formula is C22H20F3NO. The first kappa shape index (κ1) is 19.1. The van der Waals surface area contributed by atoms with E-state index >= 15 is 0 Å². The van der Waals surface area contributed by atoms with Gasteiger partial charge >= 0.3 is 6.18 Å². The largest absolute Gasteiger partial charge is 0.416 e. The van der Waals surface area contributed by atoms with Crippen LogP contribution in [0.3, 0.4) is 0 Å². The summed E-state index contributed by atoms with van der Waals surface area (Å²) in [4.78, 5) is 2.15. The SMILES string of the molecule is C=C(c1ccc(C#Cc2cccc(C(F)(F)F)c2)cc1)N1CCC(O)CC1. The van der Waals surface area contributed by atoms with Gasteiger partial charge in [-0.3, -0.25) is 0 Å². The van der Waals surface area contributed by atoms with E-state index < -0.39 is 11.7 Å². The van der Waals surface area contributed by atoms with E-state index in [4.69, 9.17) is 0 Å². The summed E-state index contributed by atoms with van der Waals surface area (Å²) in [7, 11) is 0. The molecule has 0 atom stereocenters. The average molecular weight is 371 g/mol. The number of nitrogens with zero attached hydrogens (tertiary/aromatic N) is 1. The number of aliphatic hydroxyl groups excluding tert-OH is 1. The van der Waals surface area contributed by atoms with Gasteiger partial charge in [-0.1, -0.05) is 36.6 Å². The van der Waals surface area contributed by atoms with Crippen molar-refractivity contribution in [2.24, 2.45) is 0 Å². The Morgan fingerprint density at radius 3 is 2.26 bits per heavy atom. The van der Waals surface area contributed by atoms with Gasteiger partial charge in [-0.05, 0) is 48.7 Å². The highest BCUT2D eigenvalue weighted by Gasteiger charge is 2.30. The first-order valence-corrected chi connectivity index (χ1v) is 8.74. The molecule has 0 bridgehead atoms. The van der Waals surface area contributed by atoms with Gasteiger partial charge in [0.2, 0.25) is 0 Å². The quantitative estimate of drug-likeness (QED) is 0.784. The molecule has 1 N–H and O–H groups in total. The van der Waals surface area contributed by atoms with E-state index in [1.165, 1.54) is 6.07 Å². The van der Waals surface area contributed by atoms with Crippen molar-refractivity contribution in [3.63, 3.8) is 0 Å². The lowest BCUT2D eigenvalue weighted by Crippen LogP contribution is -2.34. The third-order valence-electron chi connectivity index (χ3n) is 4.61. The number of hydrogen-bond donors (Lipinski definition) is 1. The molecule has 1 saturated heterocycles. The fourth-order valence-corrected chi connectivity index (χ4v) is 2.98. The lowest BCUT2D eigenvalue weighted by atomic mass is 10.0. The zero-order valence-electron chi connectivity index (χ0n) is 14.8. The number of hydrogen-bond acceptors (Lipinski definition) is 2. The number of likely N-dealkylation sites (tertiary alicyclic amines) is 1. The molecular weight excluding hydrogens is 351 g/mol. The van der Waals surface area contributed by atoms with E-state index in [2.05, 4.69) is 23.3 Å². The molecule has 0 saturated carbocycles. The van der Waals surface area contributed by atoms with Crippen LogP contribution in [0.1, 0.15) is 35.1 Å². The van der Waals surface area contributed by atoms with E-state index in [0.29, 0.717) is 5.56 Å². The maximum atomic E-state index is 12.8. The van der Waals surface area contributed by atoms with Crippen LogP contribution in [0.15, 0.2) is 55.1 Å². The summed E-state index contributed by atoms with van der Waals surface area (Å²) < 4.78 is 38.3. The van der Waals surface area contributed by atoms with Crippen LogP contribution in [0.5, 0.6) is 0 Å². The van der Waals surface area contributed by atoms with Crippen molar-refractivity contribution < 1.29 is 18.3 Å². The molecule has 0 aromatic heterocycles. The molecule has 2 nitrogen and oxygen atoms in total. The lowest BCUT2D eigenvalue weighted by Gasteiger charge is -2.33. The van der Waals surface area contributed by atoms with Crippen LogP contribution in [0, 0.1) is 11.8 Å². The number of piperidine rings is 1. The molecule has 2 aromatic carbocycles. The molecule has 3 rings (SSSR count). The topological polar surface area (TPSA) is 23.5 Å². The molecule has 5 heteroatoms. The minimum atomic E-state index is -4.37. The van der Waals surface area contributed by atoms with E-state index in [0.717, 1.165) is 54.9 Å². The summed E-state index contributed by atoms with van der Waals surface area (Å²) in [6.07, 6.45) is -3.13. The van der Waals surface area contributed by atoms with Gasteiger partial charge in [-0.25, -0.2) is 0 Å². The third-order valence-corrected chi connectivity index (χ3v) is 4.61. The Kier molecular flexibility index (Phi) is 5.57. The molecule has 1 heterocycles. The van der Waals surface area contributed by atoms with Crippen molar-refractivity contribution in [1.82, 2.24) is 4.90 Å². The smallest absolute Gasteiger partial charge is 0.393 e. The monoisotopic (exact) mass is 371 g/mol. The zero-order valence-corrected chi connectivity index (χ0v) is 14.8. The Labute approximate surface area is 156 Å². The molecule has 140 valence electrons. The highest BCUT2D eigenvalue weighted by molar-refractivity contribution is 5.63. The summed E-state index contributed by atoms with van der Waals surface area (Å²) >= 11 is 0. The first-order valence-electron chi connectivity index (χ1n) is 8.74. The maximum absolute atomic E-state index is 12.8. The van der Waals surface area contributed by atoms with E-state index in [-0.39, 0.29) is 6.10 Å². The van der Waals surface area contributed by atoms with Crippen LogP contribution >= 0.6 is 0 Å². The van der Waals surface area contributed by atoms with Crippen molar-refractivity contribution in [2.75, 3.05) is 13.1 Å². The Balaban J connectivity index is 1.70. The Morgan fingerprint density at radius 1 is 1.00 bits per heavy atom. The van der Waals surface area contributed by atoms with Crippen molar-refractivity contribution >= 4 is 5.70 Å². The summed E-state index contributed by atoms with van der Waals surface area (Å²) in [6, 6.07) is 12.5. The van der Waals surface area contributed by atoms with Gasteiger partial charge in [0.15, 0.2) is 0 Å². The Hall–Kier alpha value is -2.71. The number of benzene rings is 2. The third kappa shape index (κ3) is 4.93. The van der Waals surface area contributed by atoms with Crippen LogP contribution in [-0.4, -0.2) is 29.2 Å². The predicted molar refractivity (Wildman–Crippen MR) is 99.7 cm³/mol. The molecule has 0 radical (unpaired) electrons. The molecule has 0 spiro atoms. The molecule has 27 heavy (non-hydrogen) atoms. The van der Waals surface area contributed by atoms with Gasteiger partial charge in [-0.2, -0.15) is 13.2 Å². The fraction of sp³-hybridized carbons (Fsp3) is 0.273. The first-order chi connectivity index (χ1) is 12.8. The normalized spacial score (nSPS) is 15.2. The van der Waals surface area contributed by atoms with Gasteiger partial charge in [0.05, 0.1) is 11.7 Å². The second kappa shape index (κ2) is 7.89. The molecule has 0 amide bonds. The maximum Gasteiger partial charge on any atom is 0.416 e. The predicted octanol–water partition coefficient (Wildman–Crippen LogP) is 4.53. The van der Waals surface area contributed by atoms with Gasteiger partial charge in [0, 0.05) is 29.9 Å². The summed E-state index contributed by atoms with van der Waals surface area (Å²) in [6.45, 7) is 5.68. The van der Waals surface area contributed by atoms with Gasteiger partial charge in [0.25, 0.3) is 0 Å². The highest BCUT2D eigenvalue weighted by atomic mass is 19.4. The Bertz CT molecular complexity index is 867. The van der Waals surface area contributed by atoms with Crippen LogP contribution < -0.4 is 0 Å². The van der Waals surface area contributed by atoms with Crippen molar-refractivity contribution in [2.45, 2.75) is 25.1 Å². The van der Waals surface area contributed by atoms with E-state index in [9.17, 15) is 18.3 Å². The van der Waals surface area contributed by atoms with E-state index in [1.54, 1.807) is 6.07 Å². The second-order valence-electron chi connectivity index (χ2n) is 6.57. The number of alkyl halides is 3. The van der Waals surface area contributed by atoms with Crippen LogP contribution in [-0.2, 0) is 6.18 Å². The highest BCUT2D eigenvalue weighted by Crippen LogP contribution is 2.29. The van der Waals surface area contributed by atoms with Crippen LogP contribution in [0.2, 0.25) is 0 Å². The Morgan fingerprint density at radius 2 is 1.63 bits per heavy atom. The molecule has 2 aromatic rings. The van der Waals surface area contributed by atoms with Crippen LogP contribution in [0.25, 0.3) is 5.70 Å². The van der Waals surface area contributed by atoms with Crippen molar-refractivity contribution in [3.05, 3.63) is 77.4 Å². The lowest BCUT2D eigenvalue weighted by molar-refractivity contribution is -0.137. The van der Waals surface area contributed by atoms with Gasteiger partial charge < -0.3 is 10.0 Å². The van der Waals surface area contributed by atoms with Crippen molar-refractivity contribution in [3.8, 4) is 11.8 Å². The minimum Gasteiger partial charge on any atom is -0.393 e. The molecule has 1 aliphatic heterocycles. The van der Waals surface area contributed by atoms with E-state index in [1.807, 2.05) is 24.3 Å². The average Bonchev–Trinajstić information content (AvgIpc) is 2.66. The molecule has 0 unspecified atom stereocenters. The fourth-order valence-electron chi connectivity index (χ4n) is 2.98. The summed E-state index contributed by atoms with van der Waals surface area (Å²) in [5.74, 6) is 5.68. The van der Waals surface area contributed by atoms with Crippen molar-refractivity contribution in [1.29, 1.82) is 0 Å². The number of halogens is 3. The standard InChI is InChI=1S/C22H20F3NO/c1-16(26-13-11-21(27)12-14-26)19-9-7-17(8-10-19)5-6-18-3-2-4-20(15-18)22(23,24)25/h2-4,7-10,15,21,27H,1,11-14H2. The number of aliphatic hydroxyl groups is 1. The molecule has 1 aliphatic rings. The minimum absolute atomic E-state index is 0.234. The number of rotatable bonds is 2. The summed E-state index contributed by atoms with van der Waals surface area (Å²) in [5.41, 5.74) is 2.21. The van der Waals surface area contributed by atoms with Gasteiger partial charge in [-0.15, -0.1) is 0 Å².